The average Bonchev–Trinajstić information content (AvgIpc) is 2.76. The van der Waals surface area contributed by atoms with Crippen LogP contribution in [0.1, 0.15) is 46.0 Å². The van der Waals surface area contributed by atoms with Crippen molar-refractivity contribution in [1.29, 1.82) is 0 Å². The number of amides is 1. The molecule has 1 amide bonds. The predicted molar refractivity (Wildman–Crippen MR) is 69.7 cm³/mol. The Balaban J connectivity index is 1.80. The predicted octanol–water partition coefficient (Wildman–Crippen LogP) is 1.93. The summed E-state index contributed by atoms with van der Waals surface area (Å²) in [6.07, 6.45) is 6.01. The van der Waals surface area contributed by atoms with E-state index in [1.807, 2.05) is 0 Å². The van der Waals surface area contributed by atoms with E-state index in [0.717, 1.165) is 19.5 Å². The highest BCUT2D eigenvalue weighted by Gasteiger charge is 2.31. The number of rotatable bonds is 3. The molecule has 0 aromatic carbocycles. The maximum atomic E-state index is 12.2. The highest BCUT2D eigenvalue weighted by molar-refractivity contribution is 5.79. The van der Waals surface area contributed by atoms with Gasteiger partial charge >= 0.3 is 0 Å². The molecule has 2 N–H and O–H groups in total. The highest BCUT2D eigenvalue weighted by atomic mass is 16.2. The van der Waals surface area contributed by atoms with Crippen LogP contribution in [0.5, 0.6) is 0 Å². The molecule has 0 radical (unpaired) electrons. The highest BCUT2D eigenvalue weighted by Crippen LogP contribution is 2.31. The van der Waals surface area contributed by atoms with Gasteiger partial charge in [0, 0.05) is 12.0 Å². The van der Waals surface area contributed by atoms with Crippen molar-refractivity contribution in [3.05, 3.63) is 0 Å². The first-order valence-corrected chi connectivity index (χ1v) is 7.19. The number of carbonyl (C=O) groups excluding carboxylic acids is 1. The third kappa shape index (κ3) is 3.21. The SMILES string of the molecule is CC1CCCC1C(=O)NC(C)C1CCCNC1. The molecule has 0 bridgehead atoms. The molecule has 0 aromatic rings. The van der Waals surface area contributed by atoms with Crippen molar-refractivity contribution in [2.75, 3.05) is 13.1 Å². The van der Waals surface area contributed by atoms with Gasteiger partial charge in [0.25, 0.3) is 0 Å². The van der Waals surface area contributed by atoms with Crippen LogP contribution in [0.25, 0.3) is 0 Å². The van der Waals surface area contributed by atoms with E-state index in [1.54, 1.807) is 0 Å². The minimum absolute atomic E-state index is 0.272. The van der Waals surface area contributed by atoms with Crippen LogP contribution in [0.15, 0.2) is 0 Å². The van der Waals surface area contributed by atoms with Gasteiger partial charge < -0.3 is 10.6 Å². The Morgan fingerprint density at radius 3 is 2.71 bits per heavy atom. The summed E-state index contributed by atoms with van der Waals surface area (Å²) in [4.78, 5) is 12.2. The van der Waals surface area contributed by atoms with Crippen LogP contribution in [0.3, 0.4) is 0 Å². The average molecular weight is 238 g/mol. The number of hydrogen-bond donors (Lipinski definition) is 2. The van der Waals surface area contributed by atoms with Crippen molar-refractivity contribution in [1.82, 2.24) is 10.6 Å². The second-order valence-electron chi connectivity index (χ2n) is 5.92. The fourth-order valence-corrected chi connectivity index (χ4v) is 3.29. The van der Waals surface area contributed by atoms with Crippen LogP contribution in [0.2, 0.25) is 0 Å². The van der Waals surface area contributed by atoms with Crippen molar-refractivity contribution in [3.63, 3.8) is 0 Å². The van der Waals surface area contributed by atoms with Crippen LogP contribution in [-0.2, 0) is 4.79 Å². The van der Waals surface area contributed by atoms with Gasteiger partial charge in [-0.2, -0.15) is 0 Å². The number of carbonyl (C=O) groups is 1. The summed E-state index contributed by atoms with van der Waals surface area (Å²) >= 11 is 0. The largest absolute Gasteiger partial charge is 0.353 e. The Morgan fingerprint density at radius 2 is 2.12 bits per heavy atom. The molecule has 2 aliphatic rings. The zero-order chi connectivity index (χ0) is 12.3. The summed E-state index contributed by atoms with van der Waals surface area (Å²) < 4.78 is 0. The molecule has 1 saturated heterocycles. The van der Waals surface area contributed by atoms with Gasteiger partial charge in [-0.05, 0) is 57.5 Å². The Bertz CT molecular complexity index is 261. The van der Waals surface area contributed by atoms with E-state index in [-0.39, 0.29) is 5.92 Å². The molecular weight excluding hydrogens is 212 g/mol. The van der Waals surface area contributed by atoms with E-state index in [9.17, 15) is 4.79 Å². The Morgan fingerprint density at radius 1 is 1.29 bits per heavy atom. The molecule has 0 aromatic heterocycles. The van der Waals surface area contributed by atoms with Crippen molar-refractivity contribution < 1.29 is 4.79 Å². The summed E-state index contributed by atoms with van der Waals surface area (Å²) in [5, 5.41) is 6.66. The summed E-state index contributed by atoms with van der Waals surface area (Å²) in [6.45, 7) is 6.57. The summed E-state index contributed by atoms with van der Waals surface area (Å²) in [5.74, 6) is 1.76. The molecule has 4 unspecified atom stereocenters. The molecule has 17 heavy (non-hydrogen) atoms. The molecule has 98 valence electrons. The van der Waals surface area contributed by atoms with Crippen molar-refractivity contribution in [3.8, 4) is 0 Å². The number of hydrogen-bond acceptors (Lipinski definition) is 2. The zero-order valence-corrected chi connectivity index (χ0v) is 11.2. The number of nitrogens with one attached hydrogen (secondary N) is 2. The third-order valence-electron chi connectivity index (χ3n) is 4.61. The van der Waals surface area contributed by atoms with Crippen molar-refractivity contribution in [2.45, 2.75) is 52.0 Å². The molecule has 2 fully saturated rings. The minimum atomic E-state index is 0.272. The fourth-order valence-electron chi connectivity index (χ4n) is 3.29. The summed E-state index contributed by atoms with van der Waals surface area (Å²) in [7, 11) is 0. The van der Waals surface area contributed by atoms with Gasteiger partial charge in [0.15, 0.2) is 0 Å². The molecule has 1 aliphatic heterocycles. The molecule has 1 saturated carbocycles. The first-order chi connectivity index (χ1) is 8.18. The smallest absolute Gasteiger partial charge is 0.223 e. The quantitative estimate of drug-likeness (QED) is 0.789. The van der Waals surface area contributed by atoms with Gasteiger partial charge in [-0.25, -0.2) is 0 Å². The van der Waals surface area contributed by atoms with Crippen molar-refractivity contribution in [2.24, 2.45) is 17.8 Å². The van der Waals surface area contributed by atoms with Gasteiger partial charge in [-0.1, -0.05) is 13.3 Å². The first kappa shape index (κ1) is 12.9. The van der Waals surface area contributed by atoms with Crippen LogP contribution in [0, 0.1) is 17.8 Å². The molecule has 3 nitrogen and oxygen atoms in total. The normalized spacial score (nSPS) is 35.5. The lowest BCUT2D eigenvalue weighted by Crippen LogP contribution is -2.46. The Hall–Kier alpha value is -0.570. The molecule has 1 aliphatic carbocycles. The van der Waals surface area contributed by atoms with E-state index in [1.165, 1.54) is 25.7 Å². The van der Waals surface area contributed by atoms with E-state index in [0.29, 0.717) is 23.8 Å². The second kappa shape index (κ2) is 5.85. The topological polar surface area (TPSA) is 41.1 Å². The maximum Gasteiger partial charge on any atom is 0.223 e. The Labute approximate surface area is 105 Å². The standard InChI is InChI=1S/C14H26N2O/c1-10-5-3-7-13(10)14(17)16-11(2)12-6-4-8-15-9-12/h10-13,15H,3-9H2,1-2H3,(H,16,17). The van der Waals surface area contributed by atoms with Crippen LogP contribution < -0.4 is 10.6 Å². The van der Waals surface area contributed by atoms with Crippen LogP contribution in [-0.4, -0.2) is 25.0 Å². The zero-order valence-electron chi connectivity index (χ0n) is 11.2. The third-order valence-corrected chi connectivity index (χ3v) is 4.61. The first-order valence-electron chi connectivity index (χ1n) is 7.19. The lowest BCUT2D eigenvalue weighted by atomic mass is 9.91. The fraction of sp³-hybridized carbons (Fsp3) is 0.929. The van der Waals surface area contributed by atoms with Crippen LogP contribution in [0.4, 0.5) is 0 Å². The van der Waals surface area contributed by atoms with E-state index in [4.69, 9.17) is 0 Å². The van der Waals surface area contributed by atoms with E-state index >= 15 is 0 Å². The molecule has 3 heteroatoms. The summed E-state index contributed by atoms with van der Waals surface area (Å²) in [6, 6.07) is 0.322. The molecular formula is C14H26N2O. The van der Waals surface area contributed by atoms with E-state index < -0.39 is 0 Å². The molecule has 0 spiro atoms. The van der Waals surface area contributed by atoms with Gasteiger partial charge in [0.05, 0.1) is 0 Å². The molecule has 1 heterocycles. The lowest BCUT2D eigenvalue weighted by molar-refractivity contribution is -0.126. The molecule has 4 atom stereocenters. The van der Waals surface area contributed by atoms with E-state index in [2.05, 4.69) is 24.5 Å². The van der Waals surface area contributed by atoms with Gasteiger partial charge in [-0.3, -0.25) is 4.79 Å². The molecule has 2 rings (SSSR count). The van der Waals surface area contributed by atoms with Crippen molar-refractivity contribution >= 4 is 5.91 Å². The van der Waals surface area contributed by atoms with Gasteiger partial charge in [0.2, 0.25) is 5.91 Å². The minimum Gasteiger partial charge on any atom is -0.353 e. The Kier molecular flexibility index (Phi) is 4.43. The monoisotopic (exact) mass is 238 g/mol. The van der Waals surface area contributed by atoms with Gasteiger partial charge in [-0.15, -0.1) is 0 Å². The summed E-state index contributed by atoms with van der Waals surface area (Å²) in [5.41, 5.74) is 0. The number of piperidine rings is 1. The van der Waals surface area contributed by atoms with Gasteiger partial charge in [0.1, 0.15) is 0 Å². The maximum absolute atomic E-state index is 12.2. The van der Waals surface area contributed by atoms with Crippen LogP contribution >= 0.6 is 0 Å². The second-order valence-corrected chi connectivity index (χ2v) is 5.92. The lowest BCUT2D eigenvalue weighted by Gasteiger charge is -2.30.